The van der Waals surface area contributed by atoms with Crippen LogP contribution in [0.5, 0.6) is 0 Å². The van der Waals surface area contributed by atoms with Crippen molar-refractivity contribution in [2.45, 2.75) is 38.8 Å². The molecule has 0 rings (SSSR count). The molecule has 0 spiro atoms. The normalized spacial score (nSPS) is 15.8. The number of hydrogen-bond donors (Lipinski definition) is 2. The molecule has 0 aliphatic heterocycles. The molecule has 0 amide bonds. The van der Waals surface area contributed by atoms with Gasteiger partial charge in [-0.05, 0) is 47.8 Å². The van der Waals surface area contributed by atoms with Crippen LogP contribution in [0.1, 0.15) is 27.2 Å². The fraction of sp³-hybridized carbons (Fsp3) is 1.00. The zero-order valence-electron chi connectivity index (χ0n) is 11.4. The zero-order chi connectivity index (χ0) is 12.6. The van der Waals surface area contributed by atoms with E-state index in [9.17, 15) is 5.11 Å². The molecule has 0 aromatic heterocycles. The summed E-state index contributed by atoms with van der Waals surface area (Å²) in [4.78, 5) is 2.23. The third kappa shape index (κ3) is 7.17. The average Bonchev–Trinajstić information content (AvgIpc) is 2.25. The molecule has 2 N–H and O–H groups in total. The van der Waals surface area contributed by atoms with Crippen LogP contribution in [0.4, 0.5) is 0 Å². The van der Waals surface area contributed by atoms with Gasteiger partial charge in [-0.2, -0.15) is 0 Å². The molecule has 0 aliphatic carbocycles. The maximum absolute atomic E-state index is 9.24. The molecule has 16 heavy (non-hydrogen) atoms. The Morgan fingerprint density at radius 1 is 1.38 bits per heavy atom. The van der Waals surface area contributed by atoms with Crippen LogP contribution < -0.4 is 5.32 Å². The first kappa shape index (κ1) is 15.8. The molecule has 0 radical (unpaired) electrons. The summed E-state index contributed by atoms with van der Waals surface area (Å²) in [5.74, 6) is 0. The van der Waals surface area contributed by atoms with E-state index < -0.39 is 0 Å². The van der Waals surface area contributed by atoms with Crippen LogP contribution in [-0.4, -0.2) is 62.0 Å². The van der Waals surface area contributed by atoms with E-state index in [4.69, 9.17) is 4.74 Å². The fourth-order valence-electron chi connectivity index (χ4n) is 1.28. The van der Waals surface area contributed by atoms with Crippen molar-refractivity contribution in [2.75, 3.05) is 40.4 Å². The molecular formula is C12H28N2O2. The molecular weight excluding hydrogens is 204 g/mol. The van der Waals surface area contributed by atoms with Gasteiger partial charge in [0.15, 0.2) is 0 Å². The summed E-state index contributed by atoms with van der Waals surface area (Å²) >= 11 is 0. The van der Waals surface area contributed by atoms with Crippen molar-refractivity contribution in [3.63, 3.8) is 0 Å². The zero-order valence-corrected chi connectivity index (χ0v) is 11.4. The van der Waals surface area contributed by atoms with Crippen molar-refractivity contribution in [2.24, 2.45) is 0 Å². The fourth-order valence-corrected chi connectivity index (χ4v) is 1.28. The minimum absolute atomic E-state index is 0.167. The van der Waals surface area contributed by atoms with Gasteiger partial charge in [-0.3, -0.25) is 0 Å². The lowest BCUT2D eigenvalue weighted by Gasteiger charge is -2.29. The number of hydrogen-bond acceptors (Lipinski definition) is 4. The molecule has 4 heteroatoms. The van der Waals surface area contributed by atoms with Gasteiger partial charge in [0.2, 0.25) is 0 Å². The largest absolute Gasteiger partial charge is 0.394 e. The SMILES string of the molecule is CNC(C)(CO)CCN(C)CCOC(C)C. The average molecular weight is 232 g/mol. The molecule has 0 heterocycles. The summed E-state index contributed by atoms with van der Waals surface area (Å²) in [5.41, 5.74) is -0.173. The van der Waals surface area contributed by atoms with E-state index in [1.807, 2.05) is 27.8 Å². The highest BCUT2D eigenvalue weighted by Crippen LogP contribution is 2.08. The molecule has 0 saturated carbocycles. The van der Waals surface area contributed by atoms with E-state index in [1.54, 1.807) is 0 Å². The molecule has 0 saturated heterocycles. The second kappa shape index (κ2) is 8.01. The van der Waals surface area contributed by atoms with Crippen LogP contribution in [0.2, 0.25) is 0 Å². The van der Waals surface area contributed by atoms with Crippen molar-refractivity contribution in [1.82, 2.24) is 10.2 Å². The maximum atomic E-state index is 9.24. The second-order valence-corrected chi connectivity index (χ2v) is 4.94. The van der Waals surface area contributed by atoms with E-state index in [0.717, 1.165) is 26.1 Å². The predicted molar refractivity (Wildman–Crippen MR) is 67.8 cm³/mol. The van der Waals surface area contributed by atoms with Crippen molar-refractivity contribution in [3.8, 4) is 0 Å². The topological polar surface area (TPSA) is 44.7 Å². The minimum Gasteiger partial charge on any atom is -0.394 e. The summed E-state index contributed by atoms with van der Waals surface area (Å²) in [5, 5.41) is 12.4. The van der Waals surface area contributed by atoms with E-state index in [0.29, 0.717) is 6.10 Å². The number of aliphatic hydroxyl groups is 1. The smallest absolute Gasteiger partial charge is 0.0610 e. The molecule has 0 bridgehead atoms. The standard InChI is InChI=1S/C12H28N2O2/c1-11(2)16-9-8-14(5)7-6-12(3,10-15)13-4/h11,13,15H,6-10H2,1-5H3. The second-order valence-electron chi connectivity index (χ2n) is 4.94. The Morgan fingerprint density at radius 3 is 2.44 bits per heavy atom. The number of likely N-dealkylation sites (N-methyl/N-ethyl adjacent to an activating group) is 2. The van der Waals surface area contributed by atoms with Gasteiger partial charge in [0.1, 0.15) is 0 Å². The van der Waals surface area contributed by atoms with Crippen LogP contribution in [-0.2, 0) is 4.74 Å². The van der Waals surface area contributed by atoms with Crippen molar-refractivity contribution < 1.29 is 9.84 Å². The van der Waals surface area contributed by atoms with Crippen molar-refractivity contribution >= 4 is 0 Å². The maximum Gasteiger partial charge on any atom is 0.0610 e. The molecule has 98 valence electrons. The van der Waals surface area contributed by atoms with Gasteiger partial charge in [0.05, 0.1) is 19.3 Å². The van der Waals surface area contributed by atoms with Crippen molar-refractivity contribution in [1.29, 1.82) is 0 Å². The van der Waals surface area contributed by atoms with E-state index in [1.165, 1.54) is 0 Å². The van der Waals surface area contributed by atoms with Gasteiger partial charge >= 0.3 is 0 Å². The number of nitrogens with one attached hydrogen (secondary N) is 1. The highest BCUT2D eigenvalue weighted by atomic mass is 16.5. The van der Waals surface area contributed by atoms with Crippen LogP contribution in [0.3, 0.4) is 0 Å². The minimum atomic E-state index is -0.173. The summed E-state index contributed by atoms with van der Waals surface area (Å²) in [7, 11) is 3.97. The molecule has 1 atom stereocenters. The first-order chi connectivity index (χ1) is 7.43. The molecule has 0 aromatic rings. The van der Waals surface area contributed by atoms with Crippen LogP contribution in [0.25, 0.3) is 0 Å². The third-order valence-corrected chi connectivity index (χ3v) is 2.92. The molecule has 0 aromatic carbocycles. The summed E-state index contributed by atoms with van der Waals surface area (Å²) in [6, 6.07) is 0. The Bertz CT molecular complexity index is 170. The number of ether oxygens (including phenoxy) is 1. The first-order valence-electron chi connectivity index (χ1n) is 6.03. The predicted octanol–water partition coefficient (Wildman–Crippen LogP) is 0.704. The number of nitrogens with zero attached hydrogens (tertiary/aromatic N) is 1. The van der Waals surface area contributed by atoms with Gasteiger partial charge in [0.25, 0.3) is 0 Å². The van der Waals surface area contributed by atoms with Crippen LogP contribution >= 0.6 is 0 Å². The van der Waals surface area contributed by atoms with Gasteiger partial charge < -0.3 is 20.1 Å². The molecule has 4 nitrogen and oxygen atoms in total. The quantitative estimate of drug-likeness (QED) is 0.614. The summed E-state index contributed by atoms with van der Waals surface area (Å²) < 4.78 is 5.49. The first-order valence-corrected chi connectivity index (χ1v) is 6.03. The van der Waals surface area contributed by atoms with Crippen LogP contribution in [0, 0.1) is 0 Å². The van der Waals surface area contributed by atoms with Crippen molar-refractivity contribution in [3.05, 3.63) is 0 Å². The molecule has 0 fully saturated rings. The molecule has 0 aliphatic rings. The Kier molecular flexibility index (Phi) is 7.93. The van der Waals surface area contributed by atoms with E-state index in [2.05, 4.69) is 17.3 Å². The Labute approximate surface area is 100.0 Å². The Hall–Kier alpha value is -0.160. The highest BCUT2D eigenvalue weighted by Gasteiger charge is 2.20. The highest BCUT2D eigenvalue weighted by molar-refractivity contribution is 4.81. The number of aliphatic hydroxyl groups excluding tert-OH is 1. The lowest BCUT2D eigenvalue weighted by atomic mass is 9.99. The van der Waals surface area contributed by atoms with Gasteiger partial charge in [0, 0.05) is 12.1 Å². The Morgan fingerprint density at radius 2 is 2.00 bits per heavy atom. The monoisotopic (exact) mass is 232 g/mol. The van der Waals surface area contributed by atoms with E-state index in [-0.39, 0.29) is 12.1 Å². The summed E-state index contributed by atoms with van der Waals surface area (Å²) in [6.45, 7) is 8.95. The van der Waals surface area contributed by atoms with Gasteiger partial charge in [-0.1, -0.05) is 0 Å². The lowest BCUT2D eigenvalue weighted by Crippen LogP contribution is -2.45. The lowest BCUT2D eigenvalue weighted by molar-refractivity contribution is 0.0611. The van der Waals surface area contributed by atoms with Crippen LogP contribution in [0.15, 0.2) is 0 Å². The van der Waals surface area contributed by atoms with E-state index >= 15 is 0 Å². The summed E-state index contributed by atoms with van der Waals surface area (Å²) in [6.07, 6.45) is 1.23. The Balaban J connectivity index is 3.67. The third-order valence-electron chi connectivity index (χ3n) is 2.92. The molecule has 1 unspecified atom stereocenters. The number of rotatable bonds is 9. The van der Waals surface area contributed by atoms with Gasteiger partial charge in [-0.15, -0.1) is 0 Å². The van der Waals surface area contributed by atoms with Gasteiger partial charge in [-0.25, -0.2) is 0 Å².